The highest BCUT2D eigenvalue weighted by Gasteiger charge is 2.15. The number of hydrogen-bond acceptors (Lipinski definition) is 3. The molecular formula is C17H21N3O. The summed E-state index contributed by atoms with van der Waals surface area (Å²) in [5.41, 5.74) is 2.57. The normalized spacial score (nSPS) is 10.2. The minimum atomic E-state index is -0.0566. The Labute approximate surface area is 125 Å². The molecular weight excluding hydrogens is 262 g/mol. The molecule has 0 aliphatic rings. The van der Waals surface area contributed by atoms with Gasteiger partial charge in [-0.15, -0.1) is 0 Å². The third kappa shape index (κ3) is 3.60. The number of pyridine rings is 1. The molecule has 0 bridgehead atoms. The van der Waals surface area contributed by atoms with Gasteiger partial charge >= 0.3 is 0 Å². The molecule has 1 N–H and O–H groups in total. The van der Waals surface area contributed by atoms with Gasteiger partial charge in [0.1, 0.15) is 5.82 Å². The highest BCUT2D eigenvalue weighted by molar-refractivity contribution is 6.06. The van der Waals surface area contributed by atoms with Crippen LogP contribution in [0.5, 0.6) is 0 Å². The van der Waals surface area contributed by atoms with Gasteiger partial charge in [-0.25, -0.2) is 4.98 Å². The molecule has 0 unspecified atom stereocenters. The molecule has 1 heterocycles. The lowest BCUT2D eigenvalue weighted by Crippen LogP contribution is -2.27. The Hall–Kier alpha value is -2.36. The Morgan fingerprint density at radius 1 is 1.24 bits per heavy atom. The molecule has 1 amide bonds. The van der Waals surface area contributed by atoms with Crippen molar-refractivity contribution in [2.45, 2.75) is 20.3 Å². The second-order valence-electron chi connectivity index (χ2n) is 5.01. The van der Waals surface area contributed by atoms with Gasteiger partial charge in [-0.3, -0.25) is 4.79 Å². The maximum absolute atomic E-state index is 12.5. The number of aryl methyl sites for hydroxylation is 1. The van der Waals surface area contributed by atoms with Gasteiger partial charge in [0, 0.05) is 25.5 Å². The standard InChI is InChI=1S/C17H21N3O/c1-4-11-18-16-10-9-14(12-19-16)17(21)20(3)15-8-6-5-7-13(15)2/h5-10,12H,4,11H2,1-3H3,(H,18,19). The Balaban J connectivity index is 2.14. The summed E-state index contributed by atoms with van der Waals surface area (Å²) in [5, 5.41) is 3.19. The number of amides is 1. The van der Waals surface area contributed by atoms with Crippen molar-refractivity contribution in [2.24, 2.45) is 0 Å². The quantitative estimate of drug-likeness (QED) is 0.913. The molecule has 0 radical (unpaired) electrons. The number of hydrogen-bond donors (Lipinski definition) is 1. The topological polar surface area (TPSA) is 45.2 Å². The van der Waals surface area contributed by atoms with Crippen molar-refractivity contribution in [3.8, 4) is 0 Å². The predicted molar refractivity (Wildman–Crippen MR) is 86.9 cm³/mol. The molecule has 0 fully saturated rings. The van der Waals surface area contributed by atoms with Crippen LogP contribution >= 0.6 is 0 Å². The molecule has 0 atom stereocenters. The van der Waals surface area contributed by atoms with Crippen LogP contribution in [-0.2, 0) is 0 Å². The fourth-order valence-electron chi connectivity index (χ4n) is 2.12. The van der Waals surface area contributed by atoms with E-state index in [4.69, 9.17) is 0 Å². The molecule has 4 heteroatoms. The number of rotatable bonds is 5. The molecule has 4 nitrogen and oxygen atoms in total. The molecule has 1 aromatic carbocycles. The van der Waals surface area contributed by atoms with Crippen molar-refractivity contribution >= 4 is 17.4 Å². The van der Waals surface area contributed by atoms with Gasteiger partial charge in [-0.2, -0.15) is 0 Å². The van der Waals surface area contributed by atoms with E-state index in [1.54, 1.807) is 18.1 Å². The van der Waals surface area contributed by atoms with Crippen molar-refractivity contribution in [3.05, 3.63) is 53.7 Å². The maximum Gasteiger partial charge on any atom is 0.259 e. The Morgan fingerprint density at radius 3 is 2.62 bits per heavy atom. The van der Waals surface area contributed by atoms with E-state index >= 15 is 0 Å². The molecule has 0 spiro atoms. The van der Waals surface area contributed by atoms with Crippen LogP contribution in [0.1, 0.15) is 29.3 Å². The number of carbonyl (C=O) groups is 1. The lowest BCUT2D eigenvalue weighted by molar-refractivity contribution is 0.0992. The van der Waals surface area contributed by atoms with Gasteiger partial charge < -0.3 is 10.2 Å². The van der Waals surface area contributed by atoms with Crippen LogP contribution in [0.25, 0.3) is 0 Å². The first-order valence-corrected chi connectivity index (χ1v) is 7.17. The number of para-hydroxylation sites is 1. The number of benzene rings is 1. The van der Waals surface area contributed by atoms with Crippen molar-refractivity contribution in [3.63, 3.8) is 0 Å². The van der Waals surface area contributed by atoms with E-state index in [1.165, 1.54) is 0 Å². The van der Waals surface area contributed by atoms with Gasteiger partial charge in [0.15, 0.2) is 0 Å². The van der Waals surface area contributed by atoms with Crippen LogP contribution in [-0.4, -0.2) is 24.5 Å². The minimum absolute atomic E-state index is 0.0566. The van der Waals surface area contributed by atoms with Crippen LogP contribution in [0.4, 0.5) is 11.5 Å². The van der Waals surface area contributed by atoms with E-state index in [9.17, 15) is 4.79 Å². The summed E-state index contributed by atoms with van der Waals surface area (Å²) in [7, 11) is 1.79. The van der Waals surface area contributed by atoms with Crippen molar-refractivity contribution in [1.82, 2.24) is 4.98 Å². The maximum atomic E-state index is 12.5. The van der Waals surface area contributed by atoms with E-state index in [0.29, 0.717) is 5.56 Å². The van der Waals surface area contributed by atoms with Crippen molar-refractivity contribution in [1.29, 1.82) is 0 Å². The second kappa shape index (κ2) is 6.88. The molecule has 1 aromatic heterocycles. The fraction of sp³-hybridized carbons (Fsp3) is 0.294. The average molecular weight is 283 g/mol. The minimum Gasteiger partial charge on any atom is -0.370 e. The zero-order valence-corrected chi connectivity index (χ0v) is 12.8. The van der Waals surface area contributed by atoms with E-state index in [1.807, 2.05) is 43.3 Å². The number of nitrogens with one attached hydrogen (secondary N) is 1. The zero-order valence-electron chi connectivity index (χ0n) is 12.8. The average Bonchev–Trinajstić information content (AvgIpc) is 2.52. The number of aromatic nitrogens is 1. The Kier molecular flexibility index (Phi) is 4.93. The van der Waals surface area contributed by atoms with Crippen molar-refractivity contribution in [2.75, 3.05) is 23.8 Å². The van der Waals surface area contributed by atoms with Crippen LogP contribution in [0, 0.1) is 6.92 Å². The molecule has 0 saturated heterocycles. The largest absolute Gasteiger partial charge is 0.370 e. The fourth-order valence-corrected chi connectivity index (χ4v) is 2.12. The highest BCUT2D eigenvalue weighted by Crippen LogP contribution is 2.20. The monoisotopic (exact) mass is 283 g/mol. The highest BCUT2D eigenvalue weighted by atomic mass is 16.2. The summed E-state index contributed by atoms with van der Waals surface area (Å²) in [6.45, 7) is 4.97. The Morgan fingerprint density at radius 2 is 2.00 bits per heavy atom. The molecule has 0 saturated carbocycles. The van der Waals surface area contributed by atoms with E-state index in [2.05, 4.69) is 17.2 Å². The van der Waals surface area contributed by atoms with Crippen LogP contribution in [0.2, 0.25) is 0 Å². The number of anilines is 2. The third-order valence-corrected chi connectivity index (χ3v) is 3.35. The summed E-state index contributed by atoms with van der Waals surface area (Å²) in [5.74, 6) is 0.741. The lowest BCUT2D eigenvalue weighted by atomic mass is 10.1. The first-order valence-electron chi connectivity index (χ1n) is 7.17. The van der Waals surface area contributed by atoms with Gasteiger partial charge in [0.25, 0.3) is 5.91 Å². The van der Waals surface area contributed by atoms with Crippen molar-refractivity contribution < 1.29 is 4.79 Å². The van der Waals surface area contributed by atoms with Crippen LogP contribution < -0.4 is 10.2 Å². The van der Waals surface area contributed by atoms with E-state index in [-0.39, 0.29) is 5.91 Å². The SMILES string of the molecule is CCCNc1ccc(C(=O)N(C)c2ccccc2C)cn1. The number of carbonyl (C=O) groups excluding carboxylic acids is 1. The number of nitrogens with zero attached hydrogens (tertiary/aromatic N) is 2. The summed E-state index contributed by atoms with van der Waals surface area (Å²) < 4.78 is 0. The summed E-state index contributed by atoms with van der Waals surface area (Å²) in [6.07, 6.45) is 2.66. The lowest BCUT2D eigenvalue weighted by Gasteiger charge is -2.19. The summed E-state index contributed by atoms with van der Waals surface area (Å²) in [4.78, 5) is 18.4. The van der Waals surface area contributed by atoms with E-state index in [0.717, 1.165) is 30.0 Å². The zero-order chi connectivity index (χ0) is 15.2. The first kappa shape index (κ1) is 15.0. The molecule has 2 rings (SSSR count). The van der Waals surface area contributed by atoms with Crippen LogP contribution in [0.3, 0.4) is 0 Å². The molecule has 2 aromatic rings. The smallest absolute Gasteiger partial charge is 0.259 e. The molecule has 0 aliphatic carbocycles. The predicted octanol–water partition coefficient (Wildman–Crippen LogP) is 3.49. The molecule has 0 aliphatic heterocycles. The molecule has 110 valence electrons. The van der Waals surface area contributed by atoms with Crippen LogP contribution in [0.15, 0.2) is 42.6 Å². The summed E-state index contributed by atoms with van der Waals surface area (Å²) >= 11 is 0. The second-order valence-corrected chi connectivity index (χ2v) is 5.01. The third-order valence-electron chi connectivity index (χ3n) is 3.35. The first-order chi connectivity index (χ1) is 10.1. The Bertz CT molecular complexity index is 608. The van der Waals surface area contributed by atoms with Gasteiger partial charge in [-0.05, 0) is 37.1 Å². The van der Waals surface area contributed by atoms with Gasteiger partial charge in [0.05, 0.1) is 5.56 Å². The van der Waals surface area contributed by atoms with Gasteiger partial charge in [0.2, 0.25) is 0 Å². The van der Waals surface area contributed by atoms with Gasteiger partial charge in [-0.1, -0.05) is 25.1 Å². The summed E-state index contributed by atoms with van der Waals surface area (Å²) in [6, 6.07) is 11.5. The van der Waals surface area contributed by atoms with E-state index < -0.39 is 0 Å². The molecule has 21 heavy (non-hydrogen) atoms.